The molecule has 5 heteroatoms. The van der Waals surface area contributed by atoms with Crippen LogP contribution in [0.2, 0.25) is 0 Å². The average Bonchev–Trinajstić information content (AvgIpc) is 3.19. The number of carbonyl (C=O) groups is 1. The van der Waals surface area contributed by atoms with Gasteiger partial charge in [0.1, 0.15) is 0 Å². The third-order valence-electron chi connectivity index (χ3n) is 4.26. The van der Waals surface area contributed by atoms with Crippen LogP contribution >= 0.6 is 0 Å². The van der Waals surface area contributed by atoms with Crippen LogP contribution in [0.5, 0.6) is 0 Å². The molecule has 0 fully saturated rings. The number of rotatable bonds is 3. The van der Waals surface area contributed by atoms with Crippen molar-refractivity contribution in [3.8, 4) is 0 Å². The Kier molecular flexibility index (Phi) is 3.56. The molecule has 24 heavy (non-hydrogen) atoms. The van der Waals surface area contributed by atoms with Crippen molar-refractivity contribution in [2.45, 2.75) is 4.44 Å². The van der Waals surface area contributed by atoms with Crippen LogP contribution in [-0.4, -0.2) is 32.5 Å². The fourth-order valence-corrected chi connectivity index (χ4v) is 5.98. The first-order chi connectivity index (χ1) is 11.6. The van der Waals surface area contributed by atoms with Crippen molar-refractivity contribution in [3.05, 3.63) is 84.4 Å². The number of carbonyl (C=O) groups excluding carboxylic acids is 1. The molecule has 1 unspecified atom stereocenters. The van der Waals surface area contributed by atoms with Crippen LogP contribution in [0, 0.1) is 5.82 Å². The molecule has 1 aromatic heterocycles. The van der Waals surface area contributed by atoms with Gasteiger partial charge in [0.15, 0.2) is 0 Å². The van der Waals surface area contributed by atoms with Crippen molar-refractivity contribution < 1.29 is 9.18 Å². The van der Waals surface area contributed by atoms with Crippen molar-refractivity contribution in [2.24, 2.45) is 0 Å². The van der Waals surface area contributed by atoms with E-state index in [4.69, 9.17) is 0 Å². The molecule has 0 radical (unpaired) electrons. The number of anilines is 1. The molecule has 2 aromatic carbocycles. The number of halogens is 1. The number of hydrogen-bond acceptors (Lipinski definition) is 1. The second kappa shape index (κ2) is 5.62. The van der Waals surface area contributed by atoms with Gasteiger partial charge in [-0.1, -0.05) is 0 Å². The van der Waals surface area contributed by atoms with Crippen LogP contribution in [0.25, 0.3) is 0 Å². The van der Waals surface area contributed by atoms with Gasteiger partial charge in [-0.2, -0.15) is 0 Å². The van der Waals surface area contributed by atoms with Crippen LogP contribution in [0.3, 0.4) is 0 Å². The fraction of sp³-hybridized carbons (Fsp3) is 0.105. The summed E-state index contributed by atoms with van der Waals surface area (Å²) in [7, 11) is 1.76. The Hall–Kier alpha value is -2.36. The van der Waals surface area contributed by atoms with Gasteiger partial charge in [0.2, 0.25) is 0 Å². The summed E-state index contributed by atoms with van der Waals surface area (Å²) in [5.74, 6) is -0.347. The van der Waals surface area contributed by atoms with Gasteiger partial charge in [-0.3, -0.25) is 0 Å². The van der Waals surface area contributed by atoms with Gasteiger partial charge in [-0.25, -0.2) is 0 Å². The van der Waals surface area contributed by atoms with E-state index < -0.39 is 4.44 Å². The summed E-state index contributed by atoms with van der Waals surface area (Å²) < 4.78 is 16.1. The number of likely N-dealkylation sites (N-methyl/N-ethyl adjacent to an activating group) is 1. The van der Waals surface area contributed by atoms with E-state index in [1.807, 2.05) is 59.4 Å². The summed E-state index contributed by atoms with van der Waals surface area (Å²) in [4.78, 5) is 14.9. The molecular formula is C19H15FN2OSe. The number of amides is 1. The van der Waals surface area contributed by atoms with Crippen molar-refractivity contribution in [1.29, 1.82) is 0 Å². The van der Waals surface area contributed by atoms with Crippen molar-refractivity contribution in [3.63, 3.8) is 0 Å². The van der Waals surface area contributed by atoms with Gasteiger partial charge >= 0.3 is 146 Å². The molecule has 120 valence electrons. The quantitative estimate of drug-likeness (QED) is 0.636. The Morgan fingerprint density at radius 2 is 1.71 bits per heavy atom. The Morgan fingerprint density at radius 1 is 1.00 bits per heavy atom. The van der Waals surface area contributed by atoms with E-state index in [1.54, 1.807) is 18.0 Å². The molecule has 0 bridgehead atoms. The van der Waals surface area contributed by atoms with E-state index in [0.29, 0.717) is 0 Å². The van der Waals surface area contributed by atoms with Crippen molar-refractivity contribution in [1.82, 2.24) is 4.57 Å². The summed E-state index contributed by atoms with van der Waals surface area (Å²) in [5.41, 5.74) is 1.50. The van der Waals surface area contributed by atoms with Gasteiger partial charge in [0.25, 0.3) is 0 Å². The normalized spacial score (nSPS) is 19.6. The van der Waals surface area contributed by atoms with Gasteiger partial charge in [-0.05, 0) is 0 Å². The van der Waals surface area contributed by atoms with Crippen LogP contribution in [0.1, 0.15) is 5.56 Å². The molecule has 1 aliphatic rings. The SMILES string of the molecule is CN1C(=O)C([Se]c2ccccc2)(n2cccc2)c2cc(F)ccc21. The topological polar surface area (TPSA) is 25.2 Å². The Bertz CT molecular complexity index is 895. The van der Waals surface area contributed by atoms with Crippen LogP contribution < -0.4 is 9.36 Å². The molecule has 3 nitrogen and oxygen atoms in total. The van der Waals surface area contributed by atoms with Crippen molar-refractivity contribution >= 4 is 31.0 Å². The zero-order valence-corrected chi connectivity index (χ0v) is 14.7. The number of benzene rings is 2. The second-order valence-electron chi connectivity index (χ2n) is 5.68. The first-order valence-electron chi connectivity index (χ1n) is 7.58. The predicted octanol–water partition coefficient (Wildman–Crippen LogP) is 2.33. The monoisotopic (exact) mass is 386 g/mol. The van der Waals surface area contributed by atoms with Gasteiger partial charge < -0.3 is 0 Å². The van der Waals surface area contributed by atoms with Gasteiger partial charge in [0, 0.05) is 0 Å². The standard InChI is InChI=1S/C19H15FN2OSe/c1-21-17-10-9-14(20)13-16(17)19(18(21)23,22-11-5-6-12-22)24-15-7-3-2-4-8-15/h2-13H,1H3. The summed E-state index contributed by atoms with van der Waals surface area (Å²) in [6.45, 7) is 0. The van der Waals surface area contributed by atoms with E-state index in [2.05, 4.69) is 0 Å². The molecule has 0 spiro atoms. The van der Waals surface area contributed by atoms with E-state index in [9.17, 15) is 9.18 Å². The fourth-order valence-electron chi connectivity index (χ4n) is 3.13. The number of aromatic nitrogens is 1. The van der Waals surface area contributed by atoms with E-state index in [0.717, 1.165) is 15.7 Å². The second-order valence-corrected chi connectivity index (χ2v) is 8.33. The molecule has 1 atom stereocenters. The maximum absolute atomic E-state index is 14.0. The molecule has 0 saturated heterocycles. The predicted molar refractivity (Wildman–Crippen MR) is 93.1 cm³/mol. The summed E-state index contributed by atoms with van der Waals surface area (Å²) in [6.07, 6.45) is 3.77. The van der Waals surface area contributed by atoms with Gasteiger partial charge in [-0.15, -0.1) is 0 Å². The first kappa shape index (κ1) is 15.2. The molecular weight excluding hydrogens is 370 g/mol. The molecule has 0 saturated carbocycles. The Balaban J connectivity index is 1.98. The molecule has 1 aliphatic heterocycles. The Morgan fingerprint density at radius 3 is 2.42 bits per heavy atom. The molecule has 4 rings (SSSR count). The summed E-state index contributed by atoms with van der Waals surface area (Å²) in [5, 5.41) is 0. The summed E-state index contributed by atoms with van der Waals surface area (Å²) in [6, 6.07) is 18.3. The van der Waals surface area contributed by atoms with E-state index >= 15 is 0 Å². The van der Waals surface area contributed by atoms with Crippen LogP contribution in [0.15, 0.2) is 73.1 Å². The van der Waals surface area contributed by atoms with E-state index in [1.165, 1.54) is 12.1 Å². The van der Waals surface area contributed by atoms with E-state index in [-0.39, 0.29) is 26.7 Å². The average molecular weight is 385 g/mol. The third-order valence-corrected chi connectivity index (χ3v) is 7.21. The number of hydrogen-bond donors (Lipinski definition) is 0. The van der Waals surface area contributed by atoms with Crippen LogP contribution in [0.4, 0.5) is 10.1 Å². The van der Waals surface area contributed by atoms with Crippen LogP contribution in [-0.2, 0) is 9.23 Å². The number of fused-ring (bicyclic) bond motifs is 1. The summed E-state index contributed by atoms with van der Waals surface area (Å²) >= 11 is -0.238. The molecule has 0 aliphatic carbocycles. The molecule has 1 amide bonds. The third kappa shape index (κ3) is 2.13. The zero-order chi connectivity index (χ0) is 16.7. The molecule has 3 aromatic rings. The zero-order valence-electron chi connectivity index (χ0n) is 13.0. The minimum atomic E-state index is -0.899. The molecule has 2 heterocycles. The van der Waals surface area contributed by atoms with Gasteiger partial charge in [0.05, 0.1) is 0 Å². The minimum absolute atomic E-state index is 0.0249. The number of nitrogens with zero attached hydrogens (tertiary/aromatic N) is 2. The Labute approximate surface area is 145 Å². The molecule has 0 N–H and O–H groups in total. The van der Waals surface area contributed by atoms with Crippen molar-refractivity contribution in [2.75, 3.05) is 11.9 Å². The maximum atomic E-state index is 14.0. The first-order valence-corrected chi connectivity index (χ1v) is 9.30.